The lowest BCUT2D eigenvalue weighted by Crippen LogP contribution is -3.00. The van der Waals surface area contributed by atoms with Gasteiger partial charge in [-0.1, -0.05) is 4.57 Å². The summed E-state index contributed by atoms with van der Waals surface area (Å²) < 4.78 is 349. The first-order chi connectivity index (χ1) is 20.1. The molecule has 0 saturated heterocycles. The van der Waals surface area contributed by atoms with Crippen LogP contribution in [0.3, 0.4) is 0 Å². The molecule has 2 rings (SSSR count). The zero-order valence-corrected chi connectivity index (χ0v) is 23.6. The topological polar surface area (TPSA) is 7.76 Å². The average molecular weight is 898 g/mol. The molecule has 0 fully saturated rings. The first-order valence-corrected chi connectivity index (χ1v) is 10.0. The predicted molar refractivity (Wildman–Crippen MR) is 84.4 cm³/mol. The second-order valence-electron chi connectivity index (χ2n) is 8.27. The fraction of sp³-hybridized carbons (Fsp3) is 0.444. The van der Waals surface area contributed by atoms with Crippen molar-refractivity contribution < 1.29 is 158 Å². The van der Waals surface area contributed by atoms with Crippen LogP contribution in [0.1, 0.15) is 0 Å². The van der Waals surface area contributed by atoms with E-state index in [9.17, 15) is 114 Å². The largest absolute Gasteiger partial charge is 1.00 e. The standard InChI is InChI=1S/C18F26N2.2BrH/c19-3-1(2-5(21)9(25)46(44)10(26)6(2)22)4(20)8(24)45(7(3)23)18(42,43)16(37,38)14(33,34)12(29,30)11(27,28)13(31,32)15(35,36)17(39,40)41;;/h;2*1H/q+2;;/p-2. The number of halogens is 28. The number of aromatic nitrogens is 2. The minimum Gasteiger partial charge on any atom is -1.00 e. The van der Waals surface area contributed by atoms with Crippen LogP contribution in [0.15, 0.2) is 0 Å². The van der Waals surface area contributed by atoms with E-state index in [1.807, 2.05) is 0 Å². The molecule has 30 heteroatoms. The number of pyridine rings is 2. The molecule has 48 heavy (non-hydrogen) atoms. The Morgan fingerprint density at radius 1 is 0.333 bits per heavy atom. The average Bonchev–Trinajstić information content (AvgIpc) is 2.90. The minimum atomic E-state index is -9.29. The Morgan fingerprint density at radius 2 is 0.562 bits per heavy atom. The number of alkyl halides is 17. The molecule has 2 aromatic heterocycles. The predicted octanol–water partition coefficient (Wildman–Crippen LogP) is 1.71. The lowest BCUT2D eigenvalue weighted by molar-refractivity contribution is -0.888. The molecule has 0 atom stereocenters. The van der Waals surface area contributed by atoms with Crippen LogP contribution in [0.4, 0.5) is 114 Å². The van der Waals surface area contributed by atoms with Gasteiger partial charge in [-0.15, -0.1) is 26.3 Å². The summed E-state index contributed by atoms with van der Waals surface area (Å²) in [7, 11) is 0. The summed E-state index contributed by atoms with van der Waals surface area (Å²) in [6.45, 7) is 0. The van der Waals surface area contributed by atoms with Crippen molar-refractivity contribution >= 4 is 0 Å². The Labute approximate surface area is 264 Å². The van der Waals surface area contributed by atoms with Gasteiger partial charge in [0.2, 0.25) is 23.3 Å². The quantitative estimate of drug-likeness (QED) is 0.217. The highest BCUT2D eigenvalue weighted by Crippen LogP contribution is 2.64. The summed E-state index contributed by atoms with van der Waals surface area (Å²) in [5, 5.41) is 0. The van der Waals surface area contributed by atoms with Gasteiger partial charge in [0.1, 0.15) is 4.48 Å². The maximum atomic E-state index is 14.3. The van der Waals surface area contributed by atoms with Crippen LogP contribution in [-0.4, -0.2) is 41.7 Å². The molecular weight excluding hydrogens is 898 g/mol. The lowest BCUT2D eigenvalue weighted by atomic mass is 9.90. The zero-order valence-electron chi connectivity index (χ0n) is 20.5. The van der Waals surface area contributed by atoms with E-state index >= 15 is 0 Å². The van der Waals surface area contributed by atoms with Crippen LogP contribution < -0.4 is 43.3 Å². The van der Waals surface area contributed by atoms with Gasteiger partial charge in [-0.3, -0.25) is 0 Å². The molecule has 278 valence electrons. The number of rotatable bonds is 8. The maximum Gasteiger partial charge on any atom is 0.539 e. The maximum absolute atomic E-state index is 14.3. The van der Waals surface area contributed by atoms with Crippen LogP contribution in [-0.2, 0) is 6.05 Å². The molecule has 2 heterocycles. The van der Waals surface area contributed by atoms with Crippen LogP contribution in [0.25, 0.3) is 11.1 Å². The Hall–Kier alpha value is -2.56. The van der Waals surface area contributed by atoms with E-state index in [0.29, 0.717) is 0 Å². The zero-order chi connectivity index (χ0) is 36.9. The summed E-state index contributed by atoms with van der Waals surface area (Å²) in [5.74, 6) is -85.0. The molecule has 0 amide bonds. The molecule has 0 aliphatic heterocycles. The van der Waals surface area contributed by atoms with Crippen molar-refractivity contribution in [2.45, 2.75) is 47.8 Å². The Morgan fingerprint density at radius 3 is 0.833 bits per heavy atom. The minimum absolute atomic E-state index is 0. The molecule has 0 bridgehead atoms. The fourth-order valence-electron chi connectivity index (χ4n) is 3.13. The lowest BCUT2D eigenvalue weighted by Gasteiger charge is -2.41. The van der Waals surface area contributed by atoms with Gasteiger partial charge in [0, 0.05) is 0 Å². The first kappa shape index (κ1) is 45.4. The van der Waals surface area contributed by atoms with Crippen molar-refractivity contribution in [3.05, 3.63) is 47.1 Å². The van der Waals surface area contributed by atoms with Crippen molar-refractivity contribution in [1.29, 1.82) is 0 Å². The van der Waals surface area contributed by atoms with E-state index in [2.05, 4.69) is 0 Å². The van der Waals surface area contributed by atoms with Crippen molar-refractivity contribution in [3.8, 4) is 11.1 Å². The van der Waals surface area contributed by atoms with Crippen LogP contribution in [0.5, 0.6) is 0 Å². The van der Waals surface area contributed by atoms with E-state index in [0.717, 1.165) is 0 Å². The van der Waals surface area contributed by atoms with Gasteiger partial charge in [-0.05, 0) is 0 Å². The highest BCUT2D eigenvalue weighted by atomic mass is 79.9. The second kappa shape index (κ2) is 12.6. The smallest absolute Gasteiger partial charge is 0.539 e. The molecule has 0 spiro atoms. The molecule has 0 unspecified atom stereocenters. The highest BCUT2D eigenvalue weighted by molar-refractivity contribution is 5.65. The second-order valence-corrected chi connectivity index (χ2v) is 8.27. The first-order valence-electron chi connectivity index (χ1n) is 10.0. The molecule has 0 radical (unpaired) electrons. The summed E-state index contributed by atoms with van der Waals surface area (Å²) in [5.41, 5.74) is -6.56. The van der Waals surface area contributed by atoms with Crippen LogP contribution in [0.2, 0.25) is 0 Å². The molecule has 0 saturated carbocycles. The van der Waals surface area contributed by atoms with Gasteiger partial charge >= 0.3 is 71.5 Å². The Kier molecular flexibility index (Phi) is 12.0. The molecule has 0 aliphatic rings. The fourth-order valence-corrected chi connectivity index (χ4v) is 3.13. The van der Waals surface area contributed by atoms with Gasteiger partial charge in [0.05, 0.1) is 15.9 Å². The van der Waals surface area contributed by atoms with Crippen LogP contribution in [0, 0.1) is 47.1 Å². The normalized spacial score (nSPS) is 14.1. The van der Waals surface area contributed by atoms with Gasteiger partial charge in [0.15, 0.2) is 0 Å². The molecule has 0 aromatic carbocycles. The summed E-state index contributed by atoms with van der Waals surface area (Å²) >= 11 is 0. The van der Waals surface area contributed by atoms with Crippen molar-refractivity contribution in [1.82, 2.24) is 0 Å². The summed E-state index contributed by atoms with van der Waals surface area (Å²) in [6.07, 6.45) is -8.11. The molecule has 0 aliphatic carbocycles. The van der Waals surface area contributed by atoms with Gasteiger partial charge < -0.3 is 34.0 Å². The summed E-state index contributed by atoms with van der Waals surface area (Å²) in [6, 6.07) is -8.35. The van der Waals surface area contributed by atoms with E-state index in [1.165, 1.54) is 0 Å². The Balaban J connectivity index is 0.0000110. The number of hydrogen-bond acceptors (Lipinski definition) is 0. The van der Waals surface area contributed by atoms with Gasteiger partial charge in [-0.25, -0.2) is 0 Å². The third-order valence-electron chi connectivity index (χ3n) is 5.58. The van der Waals surface area contributed by atoms with Gasteiger partial charge in [-0.2, -0.15) is 83.4 Å². The Bertz CT molecular complexity index is 1510. The SMILES string of the molecule is Fc1c(-c2c(F)c(F)[n+](C(F)(F)C(F)(F)C(F)(F)C(F)(F)C(F)(F)C(F)(F)C(F)(F)C(F)(F)F)c(F)c2F)c(F)c(F)[n+](F)c1F.[Br-].[Br-]. The highest BCUT2D eigenvalue weighted by Gasteiger charge is 2.97. The molecule has 2 aromatic rings. The van der Waals surface area contributed by atoms with Crippen molar-refractivity contribution in [2.24, 2.45) is 0 Å². The van der Waals surface area contributed by atoms with E-state index in [-0.39, 0.29) is 34.0 Å². The monoisotopic (exact) mass is 896 g/mol. The number of hydrogen-bond donors (Lipinski definition) is 0. The van der Waals surface area contributed by atoms with Crippen molar-refractivity contribution in [3.63, 3.8) is 0 Å². The molecule has 0 N–H and O–H groups in total. The van der Waals surface area contributed by atoms with E-state index < -0.39 is 115 Å². The van der Waals surface area contributed by atoms with E-state index in [1.54, 1.807) is 0 Å². The van der Waals surface area contributed by atoms with Gasteiger partial charge in [0.25, 0.3) is 0 Å². The number of nitrogens with zero attached hydrogens (tertiary/aromatic N) is 2. The molecule has 2 nitrogen and oxygen atoms in total. The van der Waals surface area contributed by atoms with E-state index in [4.69, 9.17) is 0 Å². The van der Waals surface area contributed by atoms with Crippen LogP contribution >= 0.6 is 0 Å². The summed E-state index contributed by atoms with van der Waals surface area (Å²) in [4.78, 5) is -2.26. The third-order valence-corrected chi connectivity index (χ3v) is 5.58. The van der Waals surface area contributed by atoms with Crippen molar-refractivity contribution in [2.75, 3.05) is 0 Å². The molecular formula is C18Br2F26N2. The third kappa shape index (κ3) is 5.58.